The van der Waals surface area contributed by atoms with Crippen molar-refractivity contribution in [2.45, 2.75) is 19.5 Å². The number of rotatable bonds is 7. The smallest absolute Gasteiger partial charge is 0.272 e. The summed E-state index contributed by atoms with van der Waals surface area (Å²) in [7, 11) is -2.05. The van der Waals surface area contributed by atoms with Crippen LogP contribution in [0, 0.1) is 0 Å². The quantitative estimate of drug-likeness (QED) is 0.300. The van der Waals surface area contributed by atoms with Crippen LogP contribution in [0.3, 0.4) is 0 Å². The first kappa shape index (κ1) is 28.8. The third-order valence-electron chi connectivity index (χ3n) is 6.73. The van der Waals surface area contributed by atoms with Crippen LogP contribution in [-0.4, -0.2) is 53.3 Å². The third-order valence-corrected chi connectivity index (χ3v) is 8.46. The number of nitrogens with one attached hydrogen (secondary N) is 1. The predicted octanol–water partition coefficient (Wildman–Crippen LogP) is 5.39. The maximum atomic E-state index is 13.7. The Balaban J connectivity index is 1.69. The van der Waals surface area contributed by atoms with Crippen molar-refractivity contribution in [3.8, 4) is 11.4 Å². The molecule has 0 spiro atoms. The van der Waals surface area contributed by atoms with Crippen molar-refractivity contribution >= 4 is 50.8 Å². The summed E-state index contributed by atoms with van der Waals surface area (Å²) in [6.45, 7) is 1.85. The molecule has 212 valence electrons. The van der Waals surface area contributed by atoms with Crippen molar-refractivity contribution in [2.24, 2.45) is 0 Å². The van der Waals surface area contributed by atoms with Crippen molar-refractivity contribution in [1.82, 2.24) is 24.4 Å². The number of fused-ring (bicyclic) bond motifs is 1. The van der Waals surface area contributed by atoms with E-state index in [4.69, 9.17) is 33.0 Å². The topological polar surface area (TPSA) is 106 Å². The molecule has 0 radical (unpaired) electrons. The van der Waals surface area contributed by atoms with E-state index in [2.05, 4.69) is 10.3 Å². The number of ether oxygens (including phenoxy) is 1. The Morgan fingerprint density at radius 1 is 1.10 bits per heavy atom. The number of carbonyl (C=O) groups excluding carboxylic acids is 1. The zero-order valence-electron chi connectivity index (χ0n) is 22.5. The summed E-state index contributed by atoms with van der Waals surface area (Å²) in [5.74, 6) is 0.218. The maximum Gasteiger partial charge on any atom is 0.272 e. The number of aromatic nitrogens is 3. The Kier molecular flexibility index (Phi) is 8.19. The lowest BCUT2D eigenvalue weighted by atomic mass is 9.98. The van der Waals surface area contributed by atoms with E-state index in [-0.39, 0.29) is 18.8 Å². The molecule has 1 amide bonds. The van der Waals surface area contributed by atoms with Crippen LogP contribution in [0.15, 0.2) is 66.9 Å². The van der Waals surface area contributed by atoms with Gasteiger partial charge in [0.1, 0.15) is 5.75 Å². The molecule has 2 aromatic carbocycles. The van der Waals surface area contributed by atoms with Crippen LogP contribution in [-0.2, 0) is 16.6 Å². The highest BCUT2D eigenvalue weighted by atomic mass is 35.5. The molecule has 2 aromatic heterocycles. The van der Waals surface area contributed by atoms with Crippen molar-refractivity contribution in [3.05, 3.63) is 105 Å². The molecule has 4 aromatic rings. The molecule has 12 heteroatoms. The number of nitrogens with zero attached hydrogens (tertiary/aromatic N) is 4. The first-order valence-corrected chi connectivity index (χ1v) is 15.2. The molecule has 1 unspecified atom stereocenters. The molecule has 0 bridgehead atoms. The van der Waals surface area contributed by atoms with E-state index >= 15 is 0 Å². The van der Waals surface area contributed by atoms with Gasteiger partial charge >= 0.3 is 0 Å². The summed E-state index contributed by atoms with van der Waals surface area (Å²) >= 11 is 12.8. The largest absolute Gasteiger partial charge is 0.497 e. The predicted molar refractivity (Wildman–Crippen MR) is 160 cm³/mol. The van der Waals surface area contributed by atoms with E-state index in [9.17, 15) is 13.2 Å². The molecule has 0 saturated carbocycles. The number of amides is 1. The fourth-order valence-electron chi connectivity index (χ4n) is 4.66. The Morgan fingerprint density at radius 3 is 2.49 bits per heavy atom. The summed E-state index contributed by atoms with van der Waals surface area (Å²) in [6.07, 6.45) is 4.67. The fourth-order valence-corrected chi connectivity index (χ4v) is 5.88. The summed E-state index contributed by atoms with van der Waals surface area (Å²) in [6, 6.07) is 17.4. The molecule has 1 aliphatic heterocycles. The molecule has 1 atom stereocenters. The second-order valence-corrected chi connectivity index (χ2v) is 12.4. The number of hydrogen-bond acceptors (Lipinski definition) is 6. The van der Waals surface area contributed by atoms with Crippen LogP contribution < -0.4 is 10.1 Å². The van der Waals surface area contributed by atoms with Gasteiger partial charge in [-0.2, -0.15) is 9.40 Å². The Hall–Kier alpha value is -3.70. The minimum atomic E-state index is -3.63. The monoisotopic (exact) mass is 611 g/mol. The minimum Gasteiger partial charge on any atom is -0.497 e. The summed E-state index contributed by atoms with van der Waals surface area (Å²) < 4.78 is 33.8. The first-order chi connectivity index (χ1) is 19.5. The minimum absolute atomic E-state index is 0.0416. The number of sulfonamides is 1. The highest BCUT2D eigenvalue weighted by Crippen LogP contribution is 2.36. The van der Waals surface area contributed by atoms with E-state index in [0.29, 0.717) is 44.0 Å². The van der Waals surface area contributed by atoms with Gasteiger partial charge in [-0.25, -0.2) is 13.1 Å². The van der Waals surface area contributed by atoms with Gasteiger partial charge in [0.15, 0.2) is 5.69 Å². The summed E-state index contributed by atoms with van der Waals surface area (Å²) in [5.41, 5.74) is 3.75. The van der Waals surface area contributed by atoms with E-state index < -0.39 is 22.0 Å². The molecule has 0 saturated heterocycles. The molecule has 9 nitrogen and oxygen atoms in total. The van der Waals surface area contributed by atoms with Crippen LogP contribution in [0.1, 0.15) is 46.0 Å². The number of pyridine rings is 1. The zero-order valence-corrected chi connectivity index (χ0v) is 24.8. The number of carbonyl (C=O) groups is 1. The van der Waals surface area contributed by atoms with Gasteiger partial charge < -0.3 is 10.1 Å². The normalized spacial score (nSPS) is 15.4. The number of benzene rings is 2. The van der Waals surface area contributed by atoms with Crippen molar-refractivity contribution in [3.63, 3.8) is 0 Å². The van der Waals surface area contributed by atoms with Crippen molar-refractivity contribution < 1.29 is 17.9 Å². The van der Waals surface area contributed by atoms with E-state index in [1.165, 1.54) is 4.31 Å². The van der Waals surface area contributed by atoms with Gasteiger partial charge in [0, 0.05) is 29.9 Å². The standard InChI is InChI=1S/C29H27Cl2N5O4S/c1-18(25-6-4-5-13-32-25)33-29(37)27-23-17-35(41(3,38)39)16-20(14-19-7-10-22(40-2)11-8-19)28(23)36(34-27)26-12-9-21(30)15-24(26)31/h4-15,18H,16-17H2,1-3H3,(H,33,37). The molecule has 0 fully saturated rings. The highest BCUT2D eigenvalue weighted by molar-refractivity contribution is 7.88. The Labute approximate surface area is 248 Å². The SMILES string of the molecule is COc1ccc(C=C2CN(S(C)(=O)=O)Cc3c(C(=O)NC(C)c4ccccn4)nn(-c4ccc(Cl)cc4Cl)c32)cc1. The lowest BCUT2D eigenvalue weighted by molar-refractivity contribution is 0.0932. The van der Waals surface area contributed by atoms with Crippen LogP contribution in [0.2, 0.25) is 10.0 Å². The van der Waals surface area contributed by atoms with Gasteiger partial charge in [-0.3, -0.25) is 9.78 Å². The fraction of sp³-hybridized carbons (Fsp3) is 0.207. The van der Waals surface area contributed by atoms with E-state index in [0.717, 1.165) is 11.8 Å². The number of halogens is 2. The molecule has 1 aliphatic rings. The van der Waals surface area contributed by atoms with Gasteiger partial charge in [0.25, 0.3) is 5.91 Å². The Bertz CT molecular complexity index is 1740. The first-order valence-electron chi connectivity index (χ1n) is 12.6. The van der Waals surface area contributed by atoms with Crippen LogP contribution >= 0.6 is 23.2 Å². The van der Waals surface area contributed by atoms with Gasteiger partial charge in [0.2, 0.25) is 10.0 Å². The molecule has 3 heterocycles. The van der Waals surface area contributed by atoms with Crippen LogP contribution in [0.4, 0.5) is 0 Å². The van der Waals surface area contributed by atoms with Crippen molar-refractivity contribution in [1.29, 1.82) is 0 Å². The van der Waals surface area contributed by atoms with Gasteiger partial charge in [0.05, 0.1) is 41.5 Å². The van der Waals surface area contributed by atoms with Gasteiger partial charge in [-0.15, -0.1) is 0 Å². The molecule has 5 rings (SSSR count). The number of methoxy groups -OCH3 is 1. The average molecular weight is 613 g/mol. The lowest BCUT2D eigenvalue weighted by Gasteiger charge is -2.28. The highest BCUT2D eigenvalue weighted by Gasteiger charge is 2.35. The average Bonchev–Trinajstić information content (AvgIpc) is 3.33. The summed E-state index contributed by atoms with van der Waals surface area (Å²) in [5, 5.41) is 8.43. The number of hydrogen-bond donors (Lipinski definition) is 1. The molecular weight excluding hydrogens is 585 g/mol. The molecule has 0 aliphatic carbocycles. The second kappa shape index (κ2) is 11.7. The van der Waals surface area contributed by atoms with E-state index in [1.807, 2.05) is 49.4 Å². The van der Waals surface area contributed by atoms with Gasteiger partial charge in [-0.05, 0) is 66.6 Å². The van der Waals surface area contributed by atoms with Crippen LogP contribution in [0.25, 0.3) is 17.3 Å². The maximum absolute atomic E-state index is 13.7. The van der Waals surface area contributed by atoms with E-state index in [1.54, 1.807) is 42.3 Å². The molecule has 1 N–H and O–H groups in total. The Morgan fingerprint density at radius 2 is 1.85 bits per heavy atom. The second-order valence-electron chi connectivity index (χ2n) is 9.61. The molecular formula is C29H27Cl2N5O4S. The van der Waals surface area contributed by atoms with Crippen molar-refractivity contribution in [2.75, 3.05) is 19.9 Å². The lowest BCUT2D eigenvalue weighted by Crippen LogP contribution is -2.36. The van der Waals surface area contributed by atoms with Gasteiger partial charge in [-0.1, -0.05) is 41.4 Å². The third kappa shape index (κ3) is 6.15. The summed E-state index contributed by atoms with van der Waals surface area (Å²) in [4.78, 5) is 18.0. The molecule has 41 heavy (non-hydrogen) atoms. The zero-order chi connectivity index (χ0) is 29.3. The van der Waals surface area contributed by atoms with Crippen LogP contribution in [0.5, 0.6) is 5.75 Å².